The Morgan fingerprint density at radius 3 is 2.55 bits per heavy atom. The highest BCUT2D eigenvalue weighted by molar-refractivity contribution is 6.11. The van der Waals surface area contributed by atoms with Crippen LogP contribution in [0, 0.1) is 13.8 Å². The first-order valence-corrected chi connectivity index (χ1v) is 16.0. The average Bonchev–Trinajstić information content (AvgIpc) is 3.81. The third-order valence-corrected chi connectivity index (χ3v) is 10.8. The highest BCUT2D eigenvalue weighted by atomic mass is 16.5. The molecular formula is C40H25N5O2+2. The molecule has 0 saturated carbocycles. The van der Waals surface area contributed by atoms with Crippen molar-refractivity contribution >= 4 is 43.9 Å². The number of fused-ring (bicyclic) bond motifs is 10. The average molecular weight is 608 g/mol. The minimum Gasteiger partial charge on any atom is -0.456 e. The number of hydrogen-bond donors (Lipinski definition) is 0. The molecule has 7 heteroatoms. The summed E-state index contributed by atoms with van der Waals surface area (Å²) in [5.74, 6) is 2.88. The number of para-hydroxylation sites is 1. The van der Waals surface area contributed by atoms with Gasteiger partial charge in [-0.25, -0.2) is 4.98 Å². The van der Waals surface area contributed by atoms with E-state index in [-0.39, 0.29) is 0 Å². The fourth-order valence-corrected chi connectivity index (χ4v) is 9.15. The summed E-state index contributed by atoms with van der Waals surface area (Å²) in [6, 6.07) is 36.7. The van der Waals surface area contributed by atoms with Gasteiger partial charge in [-0.15, -0.1) is 4.68 Å². The Kier molecular flexibility index (Phi) is 3.98. The maximum atomic E-state index is 6.84. The van der Waals surface area contributed by atoms with Gasteiger partial charge in [-0.1, -0.05) is 35.0 Å². The fourth-order valence-electron chi connectivity index (χ4n) is 9.15. The summed E-state index contributed by atoms with van der Waals surface area (Å²) in [5, 5.41) is 4.57. The molecule has 8 heterocycles. The van der Waals surface area contributed by atoms with Crippen molar-refractivity contribution in [3.8, 4) is 34.1 Å². The summed E-state index contributed by atoms with van der Waals surface area (Å²) < 4.78 is 22.9. The Morgan fingerprint density at radius 1 is 0.745 bits per heavy atom. The van der Waals surface area contributed by atoms with E-state index in [0.717, 1.165) is 67.4 Å². The van der Waals surface area contributed by atoms with Crippen LogP contribution in [0.5, 0.6) is 11.5 Å². The molecule has 1 unspecified atom stereocenters. The summed E-state index contributed by atoms with van der Waals surface area (Å²) in [6.07, 6.45) is 4.01. The molecule has 0 radical (unpaired) electrons. The molecule has 1 spiro atoms. The summed E-state index contributed by atoms with van der Waals surface area (Å²) in [7, 11) is 0. The Balaban J connectivity index is 1.26. The number of hydrogen-bond acceptors (Lipinski definition) is 3. The van der Waals surface area contributed by atoms with E-state index in [4.69, 9.17) is 9.15 Å². The highest BCUT2D eigenvalue weighted by Gasteiger charge is 2.69. The lowest BCUT2D eigenvalue weighted by Gasteiger charge is -2.33. The smallest absolute Gasteiger partial charge is 0.397 e. The van der Waals surface area contributed by atoms with Crippen molar-refractivity contribution in [1.82, 2.24) is 14.2 Å². The van der Waals surface area contributed by atoms with Crippen molar-refractivity contribution in [3.63, 3.8) is 0 Å². The predicted octanol–water partition coefficient (Wildman–Crippen LogP) is 7.76. The molecule has 9 aromatic rings. The third kappa shape index (κ3) is 2.50. The first-order valence-electron chi connectivity index (χ1n) is 16.0. The molecule has 47 heavy (non-hydrogen) atoms. The largest absolute Gasteiger partial charge is 0.456 e. The summed E-state index contributed by atoms with van der Waals surface area (Å²) in [6.45, 7) is 4.49. The summed E-state index contributed by atoms with van der Waals surface area (Å²) >= 11 is 0. The van der Waals surface area contributed by atoms with Gasteiger partial charge in [-0.05, 0) is 79.2 Å². The maximum Gasteiger partial charge on any atom is 0.397 e. The zero-order chi connectivity index (χ0) is 30.8. The molecule has 3 aliphatic rings. The number of furan rings is 1. The predicted molar refractivity (Wildman–Crippen MR) is 179 cm³/mol. The van der Waals surface area contributed by atoms with Gasteiger partial charge in [-0.2, -0.15) is 9.13 Å². The molecular weight excluding hydrogens is 582 g/mol. The van der Waals surface area contributed by atoms with E-state index in [0.29, 0.717) is 5.71 Å². The molecule has 5 aromatic heterocycles. The Labute approximate surface area is 267 Å². The van der Waals surface area contributed by atoms with Crippen molar-refractivity contribution in [2.45, 2.75) is 19.5 Å². The van der Waals surface area contributed by atoms with Gasteiger partial charge in [0.25, 0.3) is 5.82 Å². The van der Waals surface area contributed by atoms with Crippen molar-refractivity contribution in [2.75, 3.05) is 0 Å². The molecule has 0 saturated heterocycles. The van der Waals surface area contributed by atoms with Crippen LogP contribution >= 0.6 is 0 Å². The van der Waals surface area contributed by atoms with Gasteiger partial charge in [0.05, 0.1) is 17.5 Å². The fraction of sp³-hybridized carbons (Fsp3) is 0.0750. The Bertz CT molecular complexity index is 2930. The van der Waals surface area contributed by atoms with E-state index in [2.05, 4.69) is 141 Å². The molecule has 0 amide bonds. The van der Waals surface area contributed by atoms with E-state index in [1.54, 1.807) is 6.20 Å². The molecule has 7 nitrogen and oxygen atoms in total. The van der Waals surface area contributed by atoms with Crippen LogP contribution in [0.2, 0.25) is 0 Å². The van der Waals surface area contributed by atoms with Crippen LogP contribution in [-0.2, 0) is 5.66 Å². The van der Waals surface area contributed by atoms with Crippen molar-refractivity contribution in [1.29, 1.82) is 0 Å². The zero-order valence-electron chi connectivity index (χ0n) is 25.5. The molecule has 220 valence electrons. The maximum absolute atomic E-state index is 6.84. The molecule has 3 aliphatic heterocycles. The Hall–Kier alpha value is -6.21. The lowest BCUT2D eigenvalue weighted by atomic mass is 9.84. The van der Waals surface area contributed by atoms with Crippen LogP contribution in [0.1, 0.15) is 22.5 Å². The zero-order valence-corrected chi connectivity index (χ0v) is 25.5. The number of pyridine rings is 2. The van der Waals surface area contributed by atoms with Crippen LogP contribution in [0.3, 0.4) is 0 Å². The van der Waals surface area contributed by atoms with E-state index < -0.39 is 5.66 Å². The van der Waals surface area contributed by atoms with Crippen molar-refractivity contribution in [2.24, 2.45) is 0 Å². The van der Waals surface area contributed by atoms with Crippen LogP contribution in [0.25, 0.3) is 66.5 Å². The number of rotatable bonds is 1. The van der Waals surface area contributed by atoms with Gasteiger partial charge in [0.2, 0.25) is 11.4 Å². The van der Waals surface area contributed by atoms with Gasteiger partial charge < -0.3 is 9.15 Å². The number of aromatic nitrogens is 5. The highest BCUT2D eigenvalue weighted by Crippen LogP contribution is 2.56. The van der Waals surface area contributed by atoms with Crippen LogP contribution in [0.4, 0.5) is 0 Å². The second-order valence-electron chi connectivity index (χ2n) is 12.9. The standard InChI is InChI=1S/C40H25N5O2/c1-22-35(24-15-16-26-28-10-8-19-41-39(28)47-33(26)21-24)23(2)45-40-36-30(44(22)45)12-7-13-31(36)46-32-18-17-27-25-9-3-4-11-29(25)43(38(27)37(32)40)34-14-5-6-20-42(34)40/h3-21H,1-2H3/q+2. The molecule has 0 bridgehead atoms. The first-order chi connectivity index (χ1) is 23.2. The normalized spacial score (nSPS) is 16.6. The molecule has 0 aliphatic carbocycles. The number of ether oxygens (including phenoxy) is 1. The van der Waals surface area contributed by atoms with E-state index >= 15 is 0 Å². The minimum atomic E-state index is -0.722. The SMILES string of the molecule is Cc1c(-c2ccc3c(c2)oc2ncccc23)c(C)[n+]2n1-c1cccc3c1C21c2c(ccc4c5ccccc5n(c24)-c2cccc[n+]21)O3. The second-order valence-corrected chi connectivity index (χ2v) is 12.9. The summed E-state index contributed by atoms with van der Waals surface area (Å²) in [4.78, 5) is 4.47. The first kappa shape index (κ1) is 24.1. The van der Waals surface area contributed by atoms with Gasteiger partial charge in [-0.3, -0.25) is 0 Å². The molecule has 4 aromatic carbocycles. The van der Waals surface area contributed by atoms with Gasteiger partial charge in [0, 0.05) is 40.7 Å². The van der Waals surface area contributed by atoms with E-state index in [1.807, 2.05) is 6.07 Å². The van der Waals surface area contributed by atoms with Gasteiger partial charge >= 0.3 is 5.66 Å². The van der Waals surface area contributed by atoms with Crippen molar-refractivity contribution < 1.29 is 18.4 Å². The second kappa shape index (κ2) is 7.77. The quantitative estimate of drug-likeness (QED) is 0.179. The third-order valence-electron chi connectivity index (χ3n) is 10.8. The molecule has 1 atom stereocenters. The van der Waals surface area contributed by atoms with Crippen molar-refractivity contribution in [3.05, 3.63) is 138 Å². The van der Waals surface area contributed by atoms with Crippen LogP contribution in [0.15, 0.2) is 120 Å². The van der Waals surface area contributed by atoms with Gasteiger partial charge in [0.15, 0.2) is 11.1 Å². The lowest BCUT2D eigenvalue weighted by Crippen LogP contribution is -2.77. The minimum absolute atomic E-state index is 0.663. The molecule has 12 rings (SSSR count). The van der Waals surface area contributed by atoms with Crippen LogP contribution in [-0.4, -0.2) is 14.2 Å². The Morgan fingerprint density at radius 2 is 1.60 bits per heavy atom. The topological polar surface area (TPSA) is 52.9 Å². The number of nitrogens with zero attached hydrogens (tertiary/aromatic N) is 5. The van der Waals surface area contributed by atoms with E-state index in [1.165, 1.54) is 27.4 Å². The monoisotopic (exact) mass is 607 g/mol. The van der Waals surface area contributed by atoms with E-state index in [9.17, 15) is 0 Å². The molecule has 0 fully saturated rings. The van der Waals surface area contributed by atoms with Crippen LogP contribution < -0.4 is 14.0 Å². The van der Waals surface area contributed by atoms with Gasteiger partial charge in [0.1, 0.15) is 33.8 Å². The summed E-state index contributed by atoms with van der Waals surface area (Å²) in [5.41, 5.74) is 11.2. The lowest BCUT2D eigenvalue weighted by molar-refractivity contribution is -0.995. The molecule has 0 N–H and O–H groups in total. The number of benzene rings is 4.